The minimum atomic E-state index is 0. The SMILES string of the molecule is C.[Ni].[Ni].[SiH4]. The van der Waals surface area contributed by atoms with Gasteiger partial charge in [-0.15, -0.1) is 0 Å². The van der Waals surface area contributed by atoms with Crippen molar-refractivity contribution in [3.05, 3.63) is 0 Å². The van der Waals surface area contributed by atoms with E-state index in [9.17, 15) is 0 Å². The van der Waals surface area contributed by atoms with Gasteiger partial charge in [-0.05, 0) is 11.0 Å². The molecule has 0 aromatic rings. The van der Waals surface area contributed by atoms with Crippen LogP contribution in [-0.4, -0.2) is 11.0 Å². The molecule has 0 aromatic heterocycles. The Kier molecular flexibility index (Phi) is 472. The molecule has 0 saturated carbocycles. The average molecular weight is 166 g/mol. The van der Waals surface area contributed by atoms with Gasteiger partial charge in [0, 0.05) is 33.0 Å². The second-order valence-electron chi connectivity index (χ2n) is 0. The molecule has 0 fully saturated rings. The normalized spacial score (nSPS) is 0. The first kappa shape index (κ1) is 63.5. The van der Waals surface area contributed by atoms with Crippen LogP contribution in [0.2, 0.25) is 0 Å². The molecule has 0 radical (unpaired) electrons. The van der Waals surface area contributed by atoms with Gasteiger partial charge in [0.1, 0.15) is 0 Å². The molecule has 0 saturated heterocycles. The Morgan fingerprint density at radius 1 is 0.750 bits per heavy atom. The van der Waals surface area contributed by atoms with E-state index in [2.05, 4.69) is 0 Å². The topological polar surface area (TPSA) is 0 Å². The molecule has 0 atom stereocenters. The van der Waals surface area contributed by atoms with Crippen LogP contribution in [0.1, 0.15) is 7.43 Å². The maximum Gasteiger partial charge on any atom is 0 e. The summed E-state index contributed by atoms with van der Waals surface area (Å²) in [7, 11) is 0. The summed E-state index contributed by atoms with van der Waals surface area (Å²) < 4.78 is 0. The van der Waals surface area contributed by atoms with E-state index in [0.717, 1.165) is 0 Å². The first-order valence-corrected chi connectivity index (χ1v) is 0. The third-order valence-electron chi connectivity index (χ3n) is 0. The summed E-state index contributed by atoms with van der Waals surface area (Å²) >= 11 is 0. The van der Waals surface area contributed by atoms with E-state index in [1.54, 1.807) is 0 Å². The van der Waals surface area contributed by atoms with Gasteiger partial charge in [0.25, 0.3) is 0 Å². The van der Waals surface area contributed by atoms with E-state index < -0.39 is 0 Å². The van der Waals surface area contributed by atoms with E-state index in [1.165, 1.54) is 0 Å². The number of hydrogen-bond donors (Lipinski definition) is 0. The van der Waals surface area contributed by atoms with Crippen LogP contribution in [0.15, 0.2) is 0 Å². The molecule has 0 rings (SSSR count). The van der Waals surface area contributed by atoms with Crippen LogP contribution in [0.25, 0.3) is 0 Å². The van der Waals surface area contributed by atoms with Crippen LogP contribution >= 0.6 is 0 Å². The molecule has 0 amide bonds. The second kappa shape index (κ2) is 29.8. The van der Waals surface area contributed by atoms with Gasteiger partial charge in [-0.2, -0.15) is 0 Å². The van der Waals surface area contributed by atoms with Gasteiger partial charge in [-0.25, -0.2) is 0 Å². The third kappa shape index (κ3) is 10.7. The van der Waals surface area contributed by atoms with Crippen molar-refractivity contribution in [2.75, 3.05) is 0 Å². The van der Waals surface area contributed by atoms with Gasteiger partial charge in [-0.3, -0.25) is 0 Å². The fourth-order valence-electron chi connectivity index (χ4n) is 0. The molecule has 0 aliphatic heterocycles. The molecule has 3 heteroatoms. The molecule has 0 aromatic carbocycles. The monoisotopic (exact) mass is 164 g/mol. The zero-order valence-electron chi connectivity index (χ0n) is 0.632. The largest absolute Gasteiger partial charge is 0.0776 e. The van der Waals surface area contributed by atoms with Crippen LogP contribution in [-0.2, 0) is 33.0 Å². The van der Waals surface area contributed by atoms with Crippen molar-refractivity contribution in [3.63, 3.8) is 0 Å². The summed E-state index contributed by atoms with van der Waals surface area (Å²) in [4.78, 5) is 0. The molecule has 0 aliphatic carbocycles. The Balaban J connectivity index is 0. The summed E-state index contributed by atoms with van der Waals surface area (Å²) in [6, 6.07) is 0. The third-order valence-corrected chi connectivity index (χ3v) is 0. The molecule has 0 N–H and O–H groups in total. The van der Waals surface area contributed by atoms with Gasteiger partial charge in [-0.1, -0.05) is 7.43 Å². The van der Waals surface area contributed by atoms with Gasteiger partial charge in [0.15, 0.2) is 0 Å². The maximum atomic E-state index is 0. The molecule has 0 aliphatic rings. The van der Waals surface area contributed by atoms with Crippen LogP contribution < -0.4 is 0 Å². The maximum absolute atomic E-state index is 0. The smallest absolute Gasteiger partial charge is 0 e. The number of hydrogen-bond acceptors (Lipinski definition) is 0. The van der Waals surface area contributed by atoms with Crippen LogP contribution in [0.3, 0.4) is 0 Å². The van der Waals surface area contributed by atoms with Gasteiger partial charge in [0.05, 0.1) is 0 Å². The van der Waals surface area contributed by atoms with E-state index in [1.807, 2.05) is 0 Å². The number of rotatable bonds is 0. The summed E-state index contributed by atoms with van der Waals surface area (Å²) in [5.41, 5.74) is 0. The van der Waals surface area contributed by atoms with Crippen LogP contribution in [0.4, 0.5) is 0 Å². The van der Waals surface area contributed by atoms with Crippen molar-refractivity contribution in [2.45, 2.75) is 7.43 Å². The summed E-state index contributed by atoms with van der Waals surface area (Å²) in [6.45, 7) is 0. The molecule has 0 unspecified atom stereocenters. The molecule has 0 bridgehead atoms. The molecule has 36 valence electrons. The minimum Gasteiger partial charge on any atom is -0.0776 e. The van der Waals surface area contributed by atoms with Crippen molar-refractivity contribution in [3.8, 4) is 0 Å². The predicted molar refractivity (Wildman–Crippen MR) is 18.1 cm³/mol. The van der Waals surface area contributed by atoms with Crippen molar-refractivity contribution >= 4 is 11.0 Å². The van der Waals surface area contributed by atoms with E-state index in [-0.39, 0.29) is 51.4 Å². The first-order valence-electron chi connectivity index (χ1n) is 0. The average Bonchev–Trinajstić information content (AvgIpc) is 0. The molecule has 0 spiro atoms. The van der Waals surface area contributed by atoms with Gasteiger partial charge < -0.3 is 0 Å². The molecular formula is CH8Ni2Si. The van der Waals surface area contributed by atoms with Crippen molar-refractivity contribution in [1.29, 1.82) is 0 Å². The Labute approximate surface area is 51.6 Å². The molecular weight excluding hydrogens is 157 g/mol. The van der Waals surface area contributed by atoms with Crippen molar-refractivity contribution < 1.29 is 33.0 Å². The fraction of sp³-hybridized carbons (Fsp3) is 1.00. The van der Waals surface area contributed by atoms with Crippen LogP contribution in [0.5, 0.6) is 0 Å². The van der Waals surface area contributed by atoms with E-state index in [0.29, 0.717) is 0 Å². The van der Waals surface area contributed by atoms with E-state index >= 15 is 0 Å². The standard InChI is InChI=1S/CH4.2Ni.H4Si/h1H4;;;1H4. The Bertz CT molecular complexity index is 6.00. The van der Waals surface area contributed by atoms with Crippen LogP contribution in [0, 0.1) is 0 Å². The Hall–Kier alpha value is 1.20. The Morgan fingerprint density at radius 2 is 0.750 bits per heavy atom. The minimum absolute atomic E-state index is 0. The predicted octanol–water partition coefficient (Wildman–Crippen LogP) is -0.821. The second-order valence-corrected chi connectivity index (χ2v) is 0. The fourth-order valence-corrected chi connectivity index (χ4v) is 0. The van der Waals surface area contributed by atoms with Gasteiger partial charge >= 0.3 is 0 Å². The molecule has 0 nitrogen and oxygen atoms in total. The zero-order chi connectivity index (χ0) is 0. The van der Waals surface area contributed by atoms with Gasteiger partial charge in [0.2, 0.25) is 0 Å². The molecule has 0 heterocycles. The summed E-state index contributed by atoms with van der Waals surface area (Å²) in [5, 5.41) is 0. The first-order chi connectivity index (χ1) is 0. The summed E-state index contributed by atoms with van der Waals surface area (Å²) in [5.74, 6) is 0. The van der Waals surface area contributed by atoms with Crippen molar-refractivity contribution in [1.82, 2.24) is 0 Å². The van der Waals surface area contributed by atoms with E-state index in [4.69, 9.17) is 0 Å². The molecule has 4 heavy (non-hydrogen) atoms. The van der Waals surface area contributed by atoms with Crippen molar-refractivity contribution in [2.24, 2.45) is 0 Å². The quantitative estimate of drug-likeness (QED) is 0.412. The zero-order valence-corrected chi connectivity index (χ0v) is 2.61. The Morgan fingerprint density at radius 3 is 0.750 bits per heavy atom. The summed E-state index contributed by atoms with van der Waals surface area (Å²) in [6.07, 6.45) is 0.